The molecule has 1 aromatic carbocycles. The van der Waals surface area contributed by atoms with E-state index in [0.717, 1.165) is 25.7 Å². The average Bonchev–Trinajstić information content (AvgIpc) is 2.62. The Morgan fingerprint density at radius 1 is 1.19 bits per heavy atom. The smallest absolute Gasteiger partial charge is 0.215 e. The topological polar surface area (TPSA) is 92.4 Å². The van der Waals surface area contributed by atoms with Crippen molar-refractivity contribution < 1.29 is 13.5 Å². The number of anilines is 1. The Morgan fingerprint density at radius 3 is 2.48 bits per heavy atom. The van der Waals surface area contributed by atoms with Gasteiger partial charge in [-0.3, -0.25) is 0 Å². The highest BCUT2D eigenvalue weighted by Gasteiger charge is 2.29. The first-order valence-corrected chi connectivity index (χ1v) is 9.08. The van der Waals surface area contributed by atoms with Gasteiger partial charge in [0.1, 0.15) is 0 Å². The zero-order valence-electron chi connectivity index (χ0n) is 12.2. The van der Waals surface area contributed by atoms with Crippen LogP contribution in [0, 0.1) is 0 Å². The van der Waals surface area contributed by atoms with Crippen LogP contribution in [0.15, 0.2) is 24.3 Å². The van der Waals surface area contributed by atoms with E-state index in [-0.39, 0.29) is 12.3 Å². The van der Waals surface area contributed by atoms with Gasteiger partial charge in [-0.15, -0.1) is 0 Å². The molecule has 0 amide bonds. The van der Waals surface area contributed by atoms with Crippen LogP contribution in [-0.4, -0.2) is 25.7 Å². The molecule has 0 atom stereocenters. The largest absolute Gasteiger partial charge is 0.399 e. The van der Waals surface area contributed by atoms with Crippen molar-refractivity contribution in [3.63, 3.8) is 0 Å². The van der Waals surface area contributed by atoms with Crippen LogP contribution in [0.5, 0.6) is 0 Å². The van der Waals surface area contributed by atoms with Gasteiger partial charge in [-0.05, 0) is 30.5 Å². The molecular formula is C15H24N2O3S. The lowest BCUT2D eigenvalue weighted by Gasteiger charge is -2.26. The molecule has 0 spiro atoms. The van der Waals surface area contributed by atoms with Crippen LogP contribution >= 0.6 is 0 Å². The second kappa shape index (κ2) is 6.77. The Morgan fingerprint density at radius 2 is 1.86 bits per heavy atom. The molecule has 1 aliphatic rings. The number of benzene rings is 1. The molecule has 1 aromatic rings. The molecule has 0 radical (unpaired) electrons. The normalized spacial score (nSPS) is 19.1. The van der Waals surface area contributed by atoms with Crippen LogP contribution in [0.25, 0.3) is 0 Å². The summed E-state index contributed by atoms with van der Waals surface area (Å²) in [5, 5.41) is 10.5. The number of nitrogens with two attached hydrogens (primary N) is 1. The fourth-order valence-electron chi connectivity index (χ4n) is 2.76. The van der Waals surface area contributed by atoms with Crippen LogP contribution < -0.4 is 10.5 Å². The Labute approximate surface area is 126 Å². The molecular weight excluding hydrogens is 288 g/mol. The van der Waals surface area contributed by atoms with Gasteiger partial charge < -0.3 is 10.8 Å². The van der Waals surface area contributed by atoms with Gasteiger partial charge in [-0.1, -0.05) is 37.8 Å². The number of nitrogen functional groups attached to an aromatic ring is 1. The summed E-state index contributed by atoms with van der Waals surface area (Å²) < 4.78 is 26.8. The van der Waals surface area contributed by atoms with E-state index < -0.39 is 15.6 Å². The van der Waals surface area contributed by atoms with Gasteiger partial charge in [0.25, 0.3) is 0 Å². The zero-order valence-corrected chi connectivity index (χ0v) is 13.0. The highest BCUT2D eigenvalue weighted by molar-refractivity contribution is 7.88. The van der Waals surface area contributed by atoms with E-state index in [1.165, 1.54) is 0 Å². The molecule has 1 aliphatic carbocycles. The summed E-state index contributed by atoms with van der Waals surface area (Å²) in [6.07, 6.45) is 5.44. The highest BCUT2D eigenvalue weighted by atomic mass is 32.2. The number of aliphatic hydroxyl groups is 1. The Bertz CT molecular complexity index is 564. The second-order valence-corrected chi connectivity index (χ2v) is 7.77. The van der Waals surface area contributed by atoms with Crippen LogP contribution in [0.2, 0.25) is 0 Å². The minimum Gasteiger partial charge on any atom is -0.399 e. The summed E-state index contributed by atoms with van der Waals surface area (Å²) in [5.74, 6) is -0.117. The Kier molecular flexibility index (Phi) is 5.24. The summed E-state index contributed by atoms with van der Waals surface area (Å²) in [4.78, 5) is 0. The predicted octanol–water partition coefficient (Wildman–Crippen LogP) is 1.77. The molecule has 0 aliphatic heterocycles. The first-order valence-electron chi connectivity index (χ1n) is 7.43. The number of hydrogen-bond donors (Lipinski definition) is 3. The molecule has 0 unspecified atom stereocenters. The van der Waals surface area contributed by atoms with Crippen molar-refractivity contribution in [2.24, 2.45) is 0 Å². The summed E-state index contributed by atoms with van der Waals surface area (Å²) in [7, 11) is -3.47. The fraction of sp³-hybridized carbons (Fsp3) is 0.600. The van der Waals surface area contributed by atoms with Gasteiger partial charge >= 0.3 is 0 Å². The summed E-state index contributed by atoms with van der Waals surface area (Å²) in [5.41, 5.74) is 5.94. The van der Waals surface area contributed by atoms with Crippen LogP contribution in [0.3, 0.4) is 0 Å². The number of nitrogens with one attached hydrogen (secondary N) is 1. The van der Waals surface area contributed by atoms with Crippen molar-refractivity contribution >= 4 is 15.7 Å². The maximum Gasteiger partial charge on any atom is 0.215 e. The number of sulfonamides is 1. The lowest BCUT2D eigenvalue weighted by molar-refractivity contribution is 0.0303. The first kappa shape index (κ1) is 16.3. The van der Waals surface area contributed by atoms with E-state index in [1.54, 1.807) is 24.3 Å². The molecule has 21 heavy (non-hydrogen) atoms. The maximum atomic E-state index is 12.1. The zero-order chi connectivity index (χ0) is 15.3. The third-order valence-electron chi connectivity index (χ3n) is 3.96. The van der Waals surface area contributed by atoms with E-state index >= 15 is 0 Å². The third kappa shape index (κ3) is 5.30. The molecule has 1 saturated carbocycles. The molecule has 118 valence electrons. The van der Waals surface area contributed by atoms with Crippen molar-refractivity contribution in [3.8, 4) is 0 Å². The quantitative estimate of drug-likeness (QED) is 0.571. The Hall–Kier alpha value is -1.11. The molecule has 0 bridgehead atoms. The predicted molar refractivity (Wildman–Crippen MR) is 84.1 cm³/mol. The lowest BCUT2D eigenvalue weighted by atomic mass is 9.95. The van der Waals surface area contributed by atoms with E-state index in [0.29, 0.717) is 24.1 Å². The maximum absolute atomic E-state index is 12.1. The molecule has 1 fully saturated rings. The highest BCUT2D eigenvalue weighted by Crippen LogP contribution is 2.26. The molecule has 2 rings (SSSR count). The van der Waals surface area contributed by atoms with E-state index in [9.17, 15) is 13.5 Å². The molecule has 4 N–H and O–H groups in total. The molecule has 6 heteroatoms. The van der Waals surface area contributed by atoms with Gasteiger partial charge in [0.2, 0.25) is 10.0 Å². The lowest BCUT2D eigenvalue weighted by Crippen LogP contribution is -2.42. The van der Waals surface area contributed by atoms with E-state index in [1.807, 2.05) is 0 Å². The monoisotopic (exact) mass is 312 g/mol. The summed E-state index contributed by atoms with van der Waals surface area (Å²) in [6, 6.07) is 6.84. The molecule has 0 heterocycles. The van der Waals surface area contributed by atoms with Gasteiger partial charge in [-0.2, -0.15) is 0 Å². The van der Waals surface area contributed by atoms with E-state index in [2.05, 4.69) is 4.72 Å². The summed E-state index contributed by atoms with van der Waals surface area (Å²) in [6.45, 7) is 0.0949. The van der Waals surface area contributed by atoms with Crippen LogP contribution in [0.1, 0.15) is 44.1 Å². The molecule has 5 nitrogen and oxygen atoms in total. The minimum absolute atomic E-state index is 0.0949. The SMILES string of the molecule is Nc1cccc(CS(=O)(=O)NCC2(O)CCCCCC2)c1. The van der Waals surface area contributed by atoms with Gasteiger partial charge in [0, 0.05) is 12.2 Å². The van der Waals surface area contributed by atoms with Crippen LogP contribution in [-0.2, 0) is 15.8 Å². The van der Waals surface area contributed by atoms with Gasteiger partial charge in [0.15, 0.2) is 0 Å². The van der Waals surface area contributed by atoms with Crippen molar-refractivity contribution in [2.75, 3.05) is 12.3 Å². The number of rotatable bonds is 5. The van der Waals surface area contributed by atoms with Gasteiger partial charge in [-0.25, -0.2) is 13.1 Å². The first-order chi connectivity index (χ1) is 9.89. The van der Waals surface area contributed by atoms with E-state index in [4.69, 9.17) is 5.73 Å². The molecule has 0 aromatic heterocycles. The summed E-state index contributed by atoms with van der Waals surface area (Å²) >= 11 is 0. The van der Waals surface area contributed by atoms with Crippen molar-refractivity contribution in [2.45, 2.75) is 49.9 Å². The standard InChI is InChI=1S/C15H24N2O3S/c16-14-7-5-6-13(10-14)11-21(19,20)17-12-15(18)8-3-1-2-4-9-15/h5-7,10,17-18H,1-4,8-9,11-12,16H2. The fourth-order valence-corrected chi connectivity index (χ4v) is 3.97. The van der Waals surface area contributed by atoms with Crippen molar-refractivity contribution in [1.82, 2.24) is 4.72 Å². The number of hydrogen-bond acceptors (Lipinski definition) is 4. The Balaban J connectivity index is 1.94. The minimum atomic E-state index is -3.47. The van der Waals surface area contributed by atoms with Crippen LogP contribution in [0.4, 0.5) is 5.69 Å². The molecule has 0 saturated heterocycles. The van der Waals surface area contributed by atoms with Crippen molar-refractivity contribution in [3.05, 3.63) is 29.8 Å². The van der Waals surface area contributed by atoms with Crippen molar-refractivity contribution in [1.29, 1.82) is 0 Å². The average molecular weight is 312 g/mol. The second-order valence-electron chi connectivity index (χ2n) is 5.96. The third-order valence-corrected chi connectivity index (χ3v) is 5.26. The van der Waals surface area contributed by atoms with Gasteiger partial charge in [0.05, 0.1) is 11.4 Å².